The number of nitrogens with two attached hydrogens (primary N) is 1. The first-order chi connectivity index (χ1) is 6.86. The van der Waals surface area contributed by atoms with Crippen molar-refractivity contribution < 1.29 is 22.3 Å². The van der Waals surface area contributed by atoms with E-state index in [0.717, 1.165) is 0 Å². The topological polar surface area (TPSA) is 59.1 Å². The molecule has 0 aromatic rings. The predicted molar refractivity (Wildman–Crippen MR) is 47.5 cm³/mol. The van der Waals surface area contributed by atoms with Crippen LogP contribution in [0.1, 0.15) is 19.3 Å². The molecule has 0 bridgehead atoms. The van der Waals surface area contributed by atoms with Crippen LogP contribution in [0.15, 0.2) is 0 Å². The highest BCUT2D eigenvalue weighted by molar-refractivity contribution is 5.76. The van der Waals surface area contributed by atoms with Gasteiger partial charge in [0.1, 0.15) is 6.61 Å². The smallest absolute Gasteiger partial charge is 0.330 e. The largest absolute Gasteiger partial charge is 0.388 e. The first-order valence-corrected chi connectivity index (χ1v) is 4.43. The number of hydrogen-bond acceptors (Lipinski definition) is 2. The Morgan fingerprint density at radius 3 is 2.40 bits per heavy atom. The lowest BCUT2D eigenvalue weighted by molar-refractivity contribution is -0.165. The van der Waals surface area contributed by atoms with Crippen molar-refractivity contribution >= 4 is 5.84 Å². The number of rotatable bonds is 8. The van der Waals surface area contributed by atoms with Crippen molar-refractivity contribution in [3.8, 4) is 0 Å². The Morgan fingerprint density at radius 2 is 1.93 bits per heavy atom. The van der Waals surface area contributed by atoms with Gasteiger partial charge in [-0.25, -0.2) is 8.78 Å². The van der Waals surface area contributed by atoms with Crippen molar-refractivity contribution in [3.63, 3.8) is 0 Å². The summed E-state index contributed by atoms with van der Waals surface area (Å²) in [5.74, 6) is -4.08. The van der Waals surface area contributed by atoms with E-state index in [1.807, 2.05) is 0 Å². The zero-order chi connectivity index (χ0) is 11.9. The summed E-state index contributed by atoms with van der Waals surface area (Å²) < 4.78 is 52.1. The van der Waals surface area contributed by atoms with Crippen LogP contribution in [-0.2, 0) is 4.74 Å². The van der Waals surface area contributed by atoms with Crippen molar-refractivity contribution in [1.29, 1.82) is 5.41 Å². The second-order valence-electron chi connectivity index (χ2n) is 3.10. The van der Waals surface area contributed by atoms with Crippen molar-refractivity contribution in [2.75, 3.05) is 13.2 Å². The third-order valence-electron chi connectivity index (χ3n) is 1.60. The third kappa shape index (κ3) is 7.12. The fraction of sp³-hybridized carbons (Fsp3) is 0.875. The standard InChI is InChI=1S/C8H14F4N2O/c9-7(10)8(11,12)5-15-4-2-1-3-6(13)14/h7H,1-5H2,(H3,13,14). The molecule has 0 heterocycles. The van der Waals surface area contributed by atoms with Crippen molar-refractivity contribution in [2.45, 2.75) is 31.6 Å². The average Bonchev–Trinajstić information content (AvgIpc) is 2.10. The van der Waals surface area contributed by atoms with E-state index in [2.05, 4.69) is 4.74 Å². The fourth-order valence-corrected chi connectivity index (χ4v) is 0.791. The molecule has 3 N–H and O–H groups in total. The lowest BCUT2D eigenvalue weighted by Gasteiger charge is -2.14. The molecule has 15 heavy (non-hydrogen) atoms. The quantitative estimate of drug-likeness (QED) is 0.290. The van der Waals surface area contributed by atoms with Gasteiger partial charge in [0.25, 0.3) is 0 Å². The molecule has 0 unspecified atom stereocenters. The van der Waals surface area contributed by atoms with Gasteiger partial charge in [-0.3, -0.25) is 5.41 Å². The zero-order valence-electron chi connectivity index (χ0n) is 8.11. The van der Waals surface area contributed by atoms with Gasteiger partial charge in [0.15, 0.2) is 0 Å². The normalized spacial score (nSPS) is 12.1. The summed E-state index contributed by atoms with van der Waals surface area (Å²) in [5, 5.41) is 6.85. The molecule has 90 valence electrons. The zero-order valence-corrected chi connectivity index (χ0v) is 8.11. The first-order valence-electron chi connectivity index (χ1n) is 4.43. The number of alkyl halides is 4. The van der Waals surface area contributed by atoms with Crippen LogP contribution in [0.4, 0.5) is 17.6 Å². The van der Waals surface area contributed by atoms with Crippen LogP contribution in [0, 0.1) is 5.41 Å². The highest BCUT2D eigenvalue weighted by atomic mass is 19.3. The highest BCUT2D eigenvalue weighted by Gasteiger charge is 2.40. The summed E-state index contributed by atoms with van der Waals surface area (Å²) in [7, 11) is 0. The summed E-state index contributed by atoms with van der Waals surface area (Å²) in [6.07, 6.45) is -2.40. The van der Waals surface area contributed by atoms with Gasteiger partial charge in [-0.2, -0.15) is 8.78 Å². The predicted octanol–water partition coefficient (Wildman–Crippen LogP) is 2.01. The van der Waals surface area contributed by atoms with E-state index >= 15 is 0 Å². The molecular weight excluding hydrogens is 216 g/mol. The van der Waals surface area contributed by atoms with Gasteiger partial charge >= 0.3 is 12.3 Å². The minimum absolute atomic E-state index is 0.00732. The Labute approximate surface area is 85.1 Å². The molecule has 0 saturated heterocycles. The van der Waals surface area contributed by atoms with Crippen LogP contribution in [0.3, 0.4) is 0 Å². The Morgan fingerprint density at radius 1 is 1.33 bits per heavy atom. The maximum atomic E-state index is 12.3. The third-order valence-corrected chi connectivity index (χ3v) is 1.60. The Bertz CT molecular complexity index is 199. The number of halogens is 4. The lowest BCUT2D eigenvalue weighted by Crippen LogP contribution is -2.32. The van der Waals surface area contributed by atoms with Crippen molar-refractivity contribution in [1.82, 2.24) is 0 Å². The molecule has 0 aromatic carbocycles. The van der Waals surface area contributed by atoms with E-state index in [9.17, 15) is 17.6 Å². The van der Waals surface area contributed by atoms with Gasteiger partial charge in [-0.05, 0) is 12.8 Å². The molecule has 0 rings (SSSR count). The van der Waals surface area contributed by atoms with E-state index in [1.54, 1.807) is 0 Å². The summed E-state index contributed by atoms with van der Waals surface area (Å²) in [6, 6.07) is 0. The van der Waals surface area contributed by atoms with Gasteiger partial charge in [0.2, 0.25) is 0 Å². The van der Waals surface area contributed by atoms with Crippen molar-refractivity contribution in [3.05, 3.63) is 0 Å². The van der Waals surface area contributed by atoms with Gasteiger partial charge < -0.3 is 10.5 Å². The van der Waals surface area contributed by atoms with Gasteiger partial charge in [-0.1, -0.05) is 0 Å². The molecule has 0 amide bonds. The fourth-order valence-electron chi connectivity index (χ4n) is 0.791. The molecular formula is C8H14F4N2O. The maximum absolute atomic E-state index is 12.3. The number of unbranched alkanes of at least 4 members (excludes halogenated alkanes) is 1. The van der Waals surface area contributed by atoms with Crippen molar-refractivity contribution in [2.24, 2.45) is 5.73 Å². The van der Waals surface area contributed by atoms with E-state index in [1.165, 1.54) is 0 Å². The minimum atomic E-state index is -4.08. The van der Waals surface area contributed by atoms with E-state index in [-0.39, 0.29) is 12.4 Å². The summed E-state index contributed by atoms with van der Waals surface area (Å²) >= 11 is 0. The SMILES string of the molecule is N=C(N)CCCCOCC(F)(F)C(F)F. The summed E-state index contributed by atoms with van der Waals surface area (Å²) in [4.78, 5) is 0. The monoisotopic (exact) mass is 230 g/mol. The molecule has 0 aliphatic carbocycles. The number of hydrogen-bond donors (Lipinski definition) is 2. The summed E-state index contributed by atoms with van der Waals surface area (Å²) in [5.41, 5.74) is 5.04. The molecule has 0 saturated carbocycles. The molecule has 0 fully saturated rings. The van der Waals surface area contributed by atoms with Crippen LogP contribution in [0.5, 0.6) is 0 Å². The Balaban J connectivity index is 3.42. The number of ether oxygens (including phenoxy) is 1. The average molecular weight is 230 g/mol. The maximum Gasteiger partial charge on any atom is 0.330 e. The van der Waals surface area contributed by atoms with Crippen LogP contribution in [0.2, 0.25) is 0 Å². The molecule has 0 atom stereocenters. The molecule has 0 spiro atoms. The Kier molecular flexibility index (Phi) is 6.23. The molecule has 0 aliphatic rings. The number of nitrogens with one attached hydrogen (secondary N) is 1. The van der Waals surface area contributed by atoms with Crippen LogP contribution < -0.4 is 5.73 Å². The second-order valence-corrected chi connectivity index (χ2v) is 3.10. The van der Waals surface area contributed by atoms with Gasteiger partial charge in [0, 0.05) is 13.0 Å². The number of amidine groups is 1. The van der Waals surface area contributed by atoms with E-state index < -0.39 is 19.0 Å². The lowest BCUT2D eigenvalue weighted by atomic mass is 10.2. The summed E-state index contributed by atoms with van der Waals surface area (Å²) in [6.45, 7) is -1.31. The van der Waals surface area contributed by atoms with Crippen LogP contribution >= 0.6 is 0 Å². The molecule has 3 nitrogen and oxygen atoms in total. The van der Waals surface area contributed by atoms with Crippen LogP contribution in [-0.4, -0.2) is 31.4 Å². The van der Waals surface area contributed by atoms with Gasteiger partial charge in [0.05, 0.1) is 5.84 Å². The molecule has 0 aromatic heterocycles. The van der Waals surface area contributed by atoms with Crippen LogP contribution in [0.25, 0.3) is 0 Å². The molecule has 0 aliphatic heterocycles. The Hall–Kier alpha value is -0.850. The van der Waals surface area contributed by atoms with Gasteiger partial charge in [-0.15, -0.1) is 0 Å². The highest BCUT2D eigenvalue weighted by Crippen LogP contribution is 2.22. The van der Waals surface area contributed by atoms with E-state index in [0.29, 0.717) is 19.3 Å². The van der Waals surface area contributed by atoms with E-state index in [4.69, 9.17) is 11.1 Å². The molecule has 7 heteroatoms. The minimum Gasteiger partial charge on any atom is -0.388 e. The molecule has 0 radical (unpaired) electrons. The second kappa shape index (κ2) is 6.60. The first kappa shape index (κ1) is 14.2.